The van der Waals surface area contributed by atoms with Crippen LogP contribution in [-0.4, -0.2) is 18.0 Å². The van der Waals surface area contributed by atoms with E-state index in [1.165, 1.54) is 0 Å². The van der Waals surface area contributed by atoms with Crippen molar-refractivity contribution >= 4 is 22.3 Å². The molecule has 1 aromatic heterocycles. The minimum atomic E-state index is -0.355. The van der Waals surface area contributed by atoms with Gasteiger partial charge < -0.3 is 9.32 Å². The van der Waals surface area contributed by atoms with Crippen molar-refractivity contribution < 1.29 is 9.34 Å². The molecule has 1 aromatic carbocycles. The minimum Gasteiger partial charge on any atom is -0.462 e. The molecule has 0 amide bonds. The second-order valence-electron chi connectivity index (χ2n) is 4.26. The highest BCUT2D eigenvalue weighted by Crippen LogP contribution is 2.34. The predicted molar refractivity (Wildman–Crippen MR) is 64.3 cm³/mol. The number of rotatable bonds is 2. The first-order chi connectivity index (χ1) is 8.25. The van der Waals surface area contributed by atoms with E-state index < -0.39 is 0 Å². The lowest BCUT2D eigenvalue weighted by atomic mass is 10.2. The molecule has 5 heteroatoms. The van der Waals surface area contributed by atoms with E-state index in [1.54, 1.807) is 24.5 Å². The van der Waals surface area contributed by atoms with Crippen molar-refractivity contribution in [1.29, 1.82) is 0 Å². The second kappa shape index (κ2) is 3.76. The number of nitro benzene ring substituents is 1. The van der Waals surface area contributed by atoms with Crippen LogP contribution in [0.15, 0.2) is 28.9 Å². The fourth-order valence-corrected chi connectivity index (χ4v) is 2.35. The Hall–Kier alpha value is -2.04. The molecule has 88 valence electrons. The van der Waals surface area contributed by atoms with Gasteiger partial charge in [0.1, 0.15) is 0 Å². The van der Waals surface area contributed by atoms with Crippen molar-refractivity contribution in [3.8, 4) is 0 Å². The third-order valence-corrected chi connectivity index (χ3v) is 3.17. The first kappa shape index (κ1) is 10.1. The lowest BCUT2D eigenvalue weighted by Crippen LogP contribution is -2.17. The number of fused-ring (bicyclic) bond motifs is 1. The molecule has 1 saturated heterocycles. The van der Waals surface area contributed by atoms with E-state index in [0.29, 0.717) is 0 Å². The lowest BCUT2D eigenvalue weighted by Gasteiger charge is -2.17. The van der Waals surface area contributed by atoms with Gasteiger partial charge >= 0.3 is 0 Å². The third-order valence-electron chi connectivity index (χ3n) is 3.17. The molecule has 1 fully saturated rings. The highest BCUT2D eigenvalue weighted by atomic mass is 16.6. The summed E-state index contributed by atoms with van der Waals surface area (Å²) in [6.07, 6.45) is 3.84. The maximum Gasteiger partial charge on any atom is 0.272 e. The predicted octanol–water partition coefficient (Wildman–Crippen LogP) is 2.94. The molecule has 0 radical (unpaired) electrons. The summed E-state index contributed by atoms with van der Waals surface area (Å²) < 4.78 is 5.43. The van der Waals surface area contributed by atoms with Crippen molar-refractivity contribution in [3.05, 3.63) is 34.6 Å². The Balaban J connectivity index is 2.19. The van der Waals surface area contributed by atoms with E-state index in [1.807, 2.05) is 0 Å². The van der Waals surface area contributed by atoms with E-state index in [9.17, 15) is 10.1 Å². The van der Waals surface area contributed by atoms with Crippen LogP contribution < -0.4 is 4.90 Å². The largest absolute Gasteiger partial charge is 0.462 e. The summed E-state index contributed by atoms with van der Waals surface area (Å²) in [5.74, 6) is 0. The molecule has 2 aromatic rings. The number of nitrogens with zero attached hydrogens (tertiary/aromatic N) is 2. The van der Waals surface area contributed by atoms with Gasteiger partial charge in [-0.25, -0.2) is 0 Å². The second-order valence-corrected chi connectivity index (χ2v) is 4.26. The van der Waals surface area contributed by atoms with E-state index >= 15 is 0 Å². The summed E-state index contributed by atoms with van der Waals surface area (Å²) in [5, 5.41) is 11.7. The normalized spacial score (nSPS) is 15.6. The van der Waals surface area contributed by atoms with E-state index in [-0.39, 0.29) is 10.6 Å². The summed E-state index contributed by atoms with van der Waals surface area (Å²) in [7, 11) is 0. The zero-order valence-electron chi connectivity index (χ0n) is 9.26. The van der Waals surface area contributed by atoms with Crippen molar-refractivity contribution in [2.24, 2.45) is 0 Å². The smallest absolute Gasteiger partial charge is 0.272 e. The van der Waals surface area contributed by atoms with E-state index in [2.05, 4.69) is 4.90 Å². The van der Waals surface area contributed by atoms with Crippen LogP contribution in [0.4, 0.5) is 11.4 Å². The molecule has 0 N–H and O–H groups in total. The summed E-state index contributed by atoms with van der Waals surface area (Å²) >= 11 is 0. The fourth-order valence-electron chi connectivity index (χ4n) is 2.35. The van der Waals surface area contributed by atoms with Gasteiger partial charge in [0.05, 0.1) is 16.9 Å². The molecule has 1 aliphatic rings. The Morgan fingerprint density at radius 1 is 1.29 bits per heavy atom. The molecule has 2 heterocycles. The van der Waals surface area contributed by atoms with Crippen LogP contribution in [0.1, 0.15) is 12.8 Å². The summed E-state index contributed by atoms with van der Waals surface area (Å²) in [5.41, 5.74) is 1.72. The van der Waals surface area contributed by atoms with E-state index in [0.717, 1.165) is 42.6 Å². The first-order valence-electron chi connectivity index (χ1n) is 5.66. The van der Waals surface area contributed by atoms with Gasteiger partial charge in [-0.1, -0.05) is 0 Å². The number of furan rings is 1. The van der Waals surface area contributed by atoms with Gasteiger partial charge in [0.15, 0.2) is 5.58 Å². The Labute approximate surface area is 97.8 Å². The average Bonchev–Trinajstić information content (AvgIpc) is 2.98. The van der Waals surface area contributed by atoms with Crippen molar-refractivity contribution in [2.45, 2.75) is 12.8 Å². The molecule has 5 nitrogen and oxygen atoms in total. The lowest BCUT2D eigenvalue weighted by molar-refractivity contribution is -0.384. The molecule has 0 bridgehead atoms. The maximum absolute atomic E-state index is 10.9. The van der Waals surface area contributed by atoms with Crippen LogP contribution in [0.5, 0.6) is 0 Å². The molecular formula is C12H12N2O3. The van der Waals surface area contributed by atoms with Crippen LogP contribution in [-0.2, 0) is 0 Å². The van der Waals surface area contributed by atoms with Gasteiger partial charge in [-0.15, -0.1) is 0 Å². The van der Waals surface area contributed by atoms with Crippen LogP contribution in [0.25, 0.3) is 11.0 Å². The maximum atomic E-state index is 10.9. The minimum absolute atomic E-state index is 0.126. The Morgan fingerprint density at radius 3 is 2.76 bits per heavy atom. The highest BCUT2D eigenvalue weighted by Gasteiger charge is 2.20. The molecule has 0 spiro atoms. The zero-order valence-corrected chi connectivity index (χ0v) is 9.26. The number of benzene rings is 1. The van der Waals surface area contributed by atoms with Gasteiger partial charge in [0.25, 0.3) is 5.69 Å². The van der Waals surface area contributed by atoms with E-state index in [4.69, 9.17) is 4.42 Å². The Kier molecular flexibility index (Phi) is 2.24. The Bertz CT molecular complexity index is 570. The van der Waals surface area contributed by atoms with Crippen LogP contribution >= 0.6 is 0 Å². The monoisotopic (exact) mass is 232 g/mol. The zero-order chi connectivity index (χ0) is 11.8. The fraction of sp³-hybridized carbons (Fsp3) is 0.333. The summed E-state index contributed by atoms with van der Waals surface area (Å²) in [6.45, 7) is 1.88. The molecule has 0 aliphatic carbocycles. The first-order valence-corrected chi connectivity index (χ1v) is 5.66. The SMILES string of the molecule is O=[N+]([O-])c1cc(N2CCCC2)c2occc2c1. The van der Waals surface area contributed by atoms with Gasteiger partial charge in [0.2, 0.25) is 0 Å². The van der Waals surface area contributed by atoms with Gasteiger partial charge in [0, 0.05) is 30.6 Å². The van der Waals surface area contributed by atoms with Gasteiger partial charge in [-0.2, -0.15) is 0 Å². The molecule has 0 atom stereocenters. The van der Waals surface area contributed by atoms with Crippen molar-refractivity contribution in [2.75, 3.05) is 18.0 Å². The number of nitro groups is 1. The third kappa shape index (κ3) is 1.63. The molecule has 3 rings (SSSR count). The van der Waals surface area contributed by atoms with Crippen LogP contribution in [0, 0.1) is 10.1 Å². The molecule has 0 saturated carbocycles. The van der Waals surface area contributed by atoms with Gasteiger partial charge in [-0.3, -0.25) is 10.1 Å². The summed E-state index contributed by atoms with van der Waals surface area (Å²) in [4.78, 5) is 12.7. The molecule has 0 unspecified atom stereocenters. The topological polar surface area (TPSA) is 59.5 Å². The number of anilines is 1. The Morgan fingerprint density at radius 2 is 2.06 bits per heavy atom. The standard InChI is InChI=1S/C12H12N2O3/c15-14(16)10-7-9-3-6-17-12(9)11(8-10)13-4-1-2-5-13/h3,6-8H,1-2,4-5H2. The van der Waals surface area contributed by atoms with Crippen molar-refractivity contribution in [3.63, 3.8) is 0 Å². The molecule has 17 heavy (non-hydrogen) atoms. The number of hydrogen-bond acceptors (Lipinski definition) is 4. The number of hydrogen-bond donors (Lipinski definition) is 0. The molecule has 1 aliphatic heterocycles. The average molecular weight is 232 g/mol. The number of non-ortho nitro benzene ring substituents is 1. The van der Waals surface area contributed by atoms with Crippen molar-refractivity contribution in [1.82, 2.24) is 0 Å². The summed E-state index contributed by atoms with van der Waals surface area (Å²) in [6, 6.07) is 4.93. The highest BCUT2D eigenvalue weighted by molar-refractivity contribution is 5.92. The molecular weight excluding hydrogens is 220 g/mol. The van der Waals surface area contributed by atoms with Crippen LogP contribution in [0.3, 0.4) is 0 Å². The quantitative estimate of drug-likeness (QED) is 0.590. The van der Waals surface area contributed by atoms with Gasteiger partial charge in [-0.05, 0) is 18.9 Å². The van der Waals surface area contributed by atoms with Crippen LogP contribution in [0.2, 0.25) is 0 Å².